The van der Waals surface area contributed by atoms with Crippen molar-refractivity contribution in [3.63, 3.8) is 0 Å². The molecule has 0 saturated heterocycles. The molecule has 1 aromatic heterocycles. The topological polar surface area (TPSA) is 22.0 Å². The van der Waals surface area contributed by atoms with Gasteiger partial charge >= 0.3 is 0 Å². The summed E-state index contributed by atoms with van der Waals surface area (Å²) < 4.78 is 15.7. The first kappa shape index (κ1) is 12.9. The summed E-state index contributed by atoms with van der Waals surface area (Å²) in [6.45, 7) is 0. The van der Waals surface area contributed by atoms with Gasteiger partial charge in [0.25, 0.3) is 0 Å². The number of carbonyl (C=O) groups is 1. The monoisotopic (exact) mass is 287 g/mol. The van der Waals surface area contributed by atoms with Gasteiger partial charge in [-0.3, -0.25) is 4.79 Å². The molecule has 0 spiro atoms. The molecule has 3 rings (SSSR count). The number of carbonyl (C=O) groups excluding carboxylic acids is 1. The lowest BCUT2D eigenvalue weighted by atomic mass is 10.0. The van der Waals surface area contributed by atoms with Crippen molar-refractivity contribution in [2.45, 2.75) is 0 Å². The Labute approximate surface area is 120 Å². The van der Waals surface area contributed by atoms with E-state index in [0.717, 1.165) is 17.0 Å². The molecule has 0 radical (unpaired) electrons. The first-order valence-corrected chi connectivity index (χ1v) is 6.49. The minimum absolute atomic E-state index is 0.0331. The number of aryl methyl sites for hydroxylation is 1. The number of hydrogen-bond acceptors (Lipinski definition) is 1. The van der Waals surface area contributed by atoms with E-state index in [4.69, 9.17) is 11.6 Å². The van der Waals surface area contributed by atoms with E-state index in [1.165, 1.54) is 12.1 Å². The van der Waals surface area contributed by atoms with Crippen LogP contribution in [0.15, 0.2) is 48.7 Å². The van der Waals surface area contributed by atoms with Crippen LogP contribution in [0.1, 0.15) is 15.9 Å². The zero-order chi connectivity index (χ0) is 14.3. The number of aromatic nitrogens is 1. The predicted octanol–water partition coefficient (Wildman–Crippen LogP) is 4.20. The normalized spacial score (nSPS) is 10.9. The third-order valence-electron chi connectivity index (χ3n) is 3.32. The summed E-state index contributed by atoms with van der Waals surface area (Å²) in [4.78, 5) is 12.5. The number of halogens is 2. The van der Waals surface area contributed by atoms with Crippen LogP contribution in [0, 0.1) is 5.82 Å². The molecule has 0 aliphatic rings. The minimum atomic E-state index is -0.601. The minimum Gasteiger partial charge on any atom is -0.350 e. The van der Waals surface area contributed by atoms with Crippen LogP contribution in [0.5, 0.6) is 0 Å². The molecule has 0 aliphatic carbocycles. The smallest absolute Gasteiger partial charge is 0.198 e. The van der Waals surface area contributed by atoms with E-state index in [-0.39, 0.29) is 16.4 Å². The molecule has 0 N–H and O–H groups in total. The van der Waals surface area contributed by atoms with Crippen LogP contribution in [0.2, 0.25) is 5.02 Å². The maximum Gasteiger partial charge on any atom is 0.198 e. The van der Waals surface area contributed by atoms with Crippen LogP contribution in [-0.4, -0.2) is 10.4 Å². The van der Waals surface area contributed by atoms with Crippen molar-refractivity contribution in [1.82, 2.24) is 4.57 Å². The Morgan fingerprint density at radius 3 is 2.65 bits per heavy atom. The predicted molar refractivity (Wildman–Crippen MR) is 77.8 cm³/mol. The van der Waals surface area contributed by atoms with Gasteiger partial charge < -0.3 is 4.57 Å². The molecule has 20 heavy (non-hydrogen) atoms. The Morgan fingerprint density at radius 1 is 1.15 bits per heavy atom. The van der Waals surface area contributed by atoms with E-state index >= 15 is 0 Å². The SMILES string of the molecule is Cn1cc(C(=O)c2ccc(Cl)cc2F)c2ccccc21. The molecular formula is C16H11ClFNO. The van der Waals surface area contributed by atoms with E-state index in [1.54, 1.807) is 6.20 Å². The fraction of sp³-hybridized carbons (Fsp3) is 0.0625. The highest BCUT2D eigenvalue weighted by molar-refractivity contribution is 6.30. The van der Waals surface area contributed by atoms with Gasteiger partial charge in [-0.2, -0.15) is 0 Å². The van der Waals surface area contributed by atoms with Gasteiger partial charge in [-0.1, -0.05) is 29.8 Å². The average Bonchev–Trinajstić information content (AvgIpc) is 2.76. The molecule has 0 saturated carbocycles. The van der Waals surface area contributed by atoms with Gasteiger partial charge in [0.1, 0.15) is 5.82 Å². The van der Waals surface area contributed by atoms with Gasteiger partial charge in [0.2, 0.25) is 0 Å². The Hall–Kier alpha value is -2.13. The van der Waals surface area contributed by atoms with Gasteiger partial charge in [-0.05, 0) is 24.3 Å². The molecule has 4 heteroatoms. The number of ketones is 1. The molecule has 0 aliphatic heterocycles. The summed E-state index contributed by atoms with van der Waals surface area (Å²) in [6, 6.07) is 11.6. The lowest BCUT2D eigenvalue weighted by Gasteiger charge is -2.02. The van der Waals surface area contributed by atoms with Gasteiger partial charge in [-0.15, -0.1) is 0 Å². The number of fused-ring (bicyclic) bond motifs is 1. The second-order valence-corrected chi connectivity index (χ2v) is 5.06. The highest BCUT2D eigenvalue weighted by Gasteiger charge is 2.18. The first-order chi connectivity index (χ1) is 9.58. The number of nitrogens with zero attached hydrogens (tertiary/aromatic N) is 1. The summed E-state index contributed by atoms with van der Waals surface area (Å²) in [5.41, 5.74) is 1.46. The lowest BCUT2D eigenvalue weighted by molar-refractivity contribution is 0.103. The lowest BCUT2D eigenvalue weighted by Crippen LogP contribution is -2.03. The van der Waals surface area contributed by atoms with Crippen LogP contribution in [0.3, 0.4) is 0 Å². The number of para-hydroxylation sites is 1. The molecule has 1 heterocycles. The van der Waals surface area contributed by atoms with Crippen LogP contribution >= 0.6 is 11.6 Å². The third-order valence-corrected chi connectivity index (χ3v) is 3.55. The molecule has 0 atom stereocenters. The number of rotatable bonds is 2. The van der Waals surface area contributed by atoms with Crippen molar-refractivity contribution in [2.75, 3.05) is 0 Å². The summed E-state index contributed by atoms with van der Waals surface area (Å²) >= 11 is 5.71. The van der Waals surface area contributed by atoms with Crippen molar-refractivity contribution in [3.05, 3.63) is 70.6 Å². The highest BCUT2D eigenvalue weighted by Crippen LogP contribution is 2.25. The number of hydrogen-bond donors (Lipinski definition) is 0. The Balaban J connectivity index is 2.18. The maximum atomic E-state index is 13.9. The standard InChI is InChI=1S/C16H11ClFNO/c1-19-9-13(11-4-2-3-5-15(11)19)16(20)12-7-6-10(17)8-14(12)18/h2-9H,1H3. The highest BCUT2D eigenvalue weighted by atomic mass is 35.5. The fourth-order valence-corrected chi connectivity index (χ4v) is 2.50. The van der Waals surface area contributed by atoms with E-state index < -0.39 is 5.82 Å². The Kier molecular flexibility index (Phi) is 3.07. The van der Waals surface area contributed by atoms with Crippen molar-refractivity contribution in [2.24, 2.45) is 7.05 Å². The van der Waals surface area contributed by atoms with E-state index in [2.05, 4.69) is 0 Å². The van der Waals surface area contributed by atoms with Crippen molar-refractivity contribution < 1.29 is 9.18 Å². The molecule has 0 amide bonds. The van der Waals surface area contributed by atoms with Crippen molar-refractivity contribution >= 4 is 28.3 Å². The fourth-order valence-electron chi connectivity index (χ4n) is 2.34. The second-order valence-electron chi connectivity index (χ2n) is 4.62. The largest absolute Gasteiger partial charge is 0.350 e. The van der Waals surface area contributed by atoms with Crippen molar-refractivity contribution in [1.29, 1.82) is 0 Å². The van der Waals surface area contributed by atoms with E-state index in [9.17, 15) is 9.18 Å². The third kappa shape index (κ3) is 2.00. The van der Waals surface area contributed by atoms with Crippen LogP contribution in [-0.2, 0) is 7.05 Å². The molecule has 2 nitrogen and oxygen atoms in total. The number of benzene rings is 2. The molecule has 100 valence electrons. The molecule has 0 unspecified atom stereocenters. The van der Waals surface area contributed by atoms with Crippen LogP contribution < -0.4 is 0 Å². The Morgan fingerprint density at radius 2 is 1.90 bits per heavy atom. The summed E-state index contributed by atoms with van der Waals surface area (Å²) in [7, 11) is 1.86. The van der Waals surface area contributed by atoms with Gasteiger partial charge in [0.15, 0.2) is 5.78 Å². The van der Waals surface area contributed by atoms with Gasteiger partial charge in [0.05, 0.1) is 5.56 Å². The molecular weight excluding hydrogens is 277 g/mol. The maximum absolute atomic E-state index is 13.9. The molecule has 0 bridgehead atoms. The quantitative estimate of drug-likeness (QED) is 0.647. The summed E-state index contributed by atoms with van der Waals surface area (Å²) in [6.07, 6.45) is 1.72. The van der Waals surface area contributed by atoms with E-state index in [0.29, 0.717) is 5.56 Å². The second kappa shape index (κ2) is 4.76. The summed E-state index contributed by atoms with van der Waals surface area (Å²) in [5, 5.41) is 1.09. The first-order valence-electron chi connectivity index (χ1n) is 6.12. The van der Waals surface area contributed by atoms with Crippen LogP contribution in [0.25, 0.3) is 10.9 Å². The zero-order valence-corrected chi connectivity index (χ0v) is 11.5. The van der Waals surface area contributed by atoms with Crippen LogP contribution in [0.4, 0.5) is 4.39 Å². The molecule has 0 fully saturated rings. The molecule has 2 aromatic carbocycles. The van der Waals surface area contributed by atoms with Crippen molar-refractivity contribution in [3.8, 4) is 0 Å². The zero-order valence-electron chi connectivity index (χ0n) is 10.7. The summed E-state index contributed by atoms with van der Waals surface area (Å²) in [5.74, 6) is -0.939. The Bertz CT molecular complexity index is 822. The molecule has 3 aromatic rings. The average molecular weight is 288 g/mol. The van der Waals surface area contributed by atoms with Gasteiger partial charge in [0, 0.05) is 34.7 Å². The van der Waals surface area contributed by atoms with E-state index in [1.807, 2.05) is 35.9 Å². The van der Waals surface area contributed by atoms with Gasteiger partial charge in [-0.25, -0.2) is 4.39 Å².